The van der Waals surface area contributed by atoms with Gasteiger partial charge >= 0.3 is 0 Å². The molecule has 256 valence electrons. The van der Waals surface area contributed by atoms with E-state index in [2.05, 4.69) is 17.1 Å². The Kier molecular flexibility index (Phi) is 10.2. The number of aromatic nitrogens is 2. The van der Waals surface area contributed by atoms with Gasteiger partial charge in [0.1, 0.15) is 0 Å². The van der Waals surface area contributed by atoms with Gasteiger partial charge in [-0.2, -0.15) is 10.2 Å². The number of phenolic OH excluding ortho intramolecular Hbond substituents is 6. The Morgan fingerprint density at radius 3 is 2.10 bits per heavy atom. The maximum absolute atomic E-state index is 10.3. The third-order valence-corrected chi connectivity index (χ3v) is 11.0. The number of phenols is 6. The average molecular weight is 721 g/mol. The first-order chi connectivity index (χ1) is 23.6. The molecule has 0 aliphatic heterocycles. The van der Waals surface area contributed by atoms with Gasteiger partial charge < -0.3 is 30.6 Å². The number of hydrogen-bond acceptors (Lipinski definition) is 13. The van der Waals surface area contributed by atoms with Crippen molar-refractivity contribution in [3.8, 4) is 45.1 Å². The lowest BCUT2D eigenvalue weighted by Crippen LogP contribution is -2.25. The largest absolute Gasteiger partial charge is 0.504 e. The molecular formula is C34H36N6O6S3. The van der Waals surface area contributed by atoms with E-state index < -0.39 is 34.5 Å². The number of rotatable bonds is 9. The second-order valence-electron chi connectivity index (χ2n) is 11.9. The molecule has 5 aromatic rings. The van der Waals surface area contributed by atoms with E-state index in [9.17, 15) is 30.6 Å². The van der Waals surface area contributed by atoms with Crippen LogP contribution in [0.25, 0.3) is 10.6 Å². The molecule has 1 aliphatic carbocycles. The molecule has 2 aromatic carbocycles. The van der Waals surface area contributed by atoms with Crippen LogP contribution in [0.5, 0.6) is 34.5 Å². The number of thiazole rings is 2. The quantitative estimate of drug-likeness (QED) is 0.0769. The predicted molar refractivity (Wildman–Crippen MR) is 192 cm³/mol. The van der Waals surface area contributed by atoms with Crippen molar-refractivity contribution >= 4 is 46.4 Å². The summed E-state index contributed by atoms with van der Waals surface area (Å²) in [7, 11) is 0. The number of hydrogen-bond donors (Lipinski definition) is 6. The molecule has 1 saturated carbocycles. The van der Waals surface area contributed by atoms with Gasteiger partial charge in [-0.15, -0.1) is 34.0 Å². The summed E-state index contributed by atoms with van der Waals surface area (Å²) >= 11 is 4.56. The first-order valence-electron chi connectivity index (χ1n) is 15.6. The molecule has 49 heavy (non-hydrogen) atoms. The molecule has 0 spiro atoms. The van der Waals surface area contributed by atoms with Crippen molar-refractivity contribution in [3.63, 3.8) is 0 Å². The van der Waals surface area contributed by atoms with Crippen LogP contribution in [0.1, 0.15) is 55.8 Å². The molecular weight excluding hydrogens is 685 g/mol. The van der Waals surface area contributed by atoms with Crippen LogP contribution in [-0.2, 0) is 0 Å². The topological polar surface area (TPSA) is 181 Å². The molecule has 3 atom stereocenters. The van der Waals surface area contributed by atoms with Gasteiger partial charge in [0.05, 0.1) is 40.8 Å². The highest BCUT2D eigenvalue weighted by Gasteiger charge is 2.24. The van der Waals surface area contributed by atoms with E-state index >= 15 is 0 Å². The van der Waals surface area contributed by atoms with Gasteiger partial charge in [0, 0.05) is 21.9 Å². The maximum Gasteiger partial charge on any atom is 0.206 e. The van der Waals surface area contributed by atoms with Crippen molar-refractivity contribution in [2.45, 2.75) is 58.0 Å². The van der Waals surface area contributed by atoms with Crippen LogP contribution in [0.15, 0.2) is 72.7 Å². The average Bonchev–Trinajstić information content (AvgIpc) is 3.83. The van der Waals surface area contributed by atoms with Crippen LogP contribution in [0.3, 0.4) is 0 Å². The highest BCUT2D eigenvalue weighted by Crippen LogP contribution is 2.37. The van der Waals surface area contributed by atoms with Gasteiger partial charge in [-0.1, -0.05) is 18.9 Å². The Hall–Kier alpha value is -4.86. The lowest BCUT2D eigenvalue weighted by Gasteiger charge is -2.27. The van der Waals surface area contributed by atoms with E-state index in [-0.39, 0.29) is 23.2 Å². The van der Waals surface area contributed by atoms with Crippen LogP contribution in [0.4, 0.5) is 0 Å². The van der Waals surface area contributed by atoms with Gasteiger partial charge in [0.25, 0.3) is 0 Å². The zero-order valence-electron chi connectivity index (χ0n) is 26.7. The van der Waals surface area contributed by atoms with Gasteiger partial charge in [-0.3, -0.25) is 9.98 Å². The molecule has 3 unspecified atom stereocenters. The minimum Gasteiger partial charge on any atom is -0.504 e. The number of nitrogens with zero attached hydrogens (tertiary/aromatic N) is 6. The second-order valence-corrected chi connectivity index (χ2v) is 14.5. The van der Waals surface area contributed by atoms with E-state index in [4.69, 9.17) is 9.98 Å². The lowest BCUT2D eigenvalue weighted by molar-refractivity contribution is 0.291. The Bertz CT molecular complexity index is 2140. The lowest BCUT2D eigenvalue weighted by atomic mass is 9.82. The molecule has 0 radical (unpaired) electrons. The third-order valence-electron chi connectivity index (χ3n) is 8.31. The summed E-state index contributed by atoms with van der Waals surface area (Å²) in [5.74, 6) is -2.47. The molecule has 6 rings (SSSR count). The van der Waals surface area contributed by atoms with E-state index in [0.717, 1.165) is 53.2 Å². The molecule has 1 fully saturated rings. The number of aromatic hydroxyl groups is 6. The molecule has 0 amide bonds. The highest BCUT2D eigenvalue weighted by atomic mass is 32.1. The van der Waals surface area contributed by atoms with Gasteiger partial charge in [-0.05, 0) is 74.7 Å². The smallest absolute Gasteiger partial charge is 0.206 e. The highest BCUT2D eigenvalue weighted by molar-refractivity contribution is 7.14. The molecule has 3 aromatic heterocycles. The van der Waals surface area contributed by atoms with E-state index in [1.165, 1.54) is 59.4 Å². The van der Waals surface area contributed by atoms with Crippen LogP contribution in [0, 0.1) is 12.8 Å². The Morgan fingerprint density at radius 2 is 1.45 bits per heavy atom. The first kappa shape index (κ1) is 34.0. The third kappa shape index (κ3) is 7.58. The standard InChI is InChI=1S/C34H36N6O6S3/c1-19(37-33-40(25(18-49-33)28-7-4-12-47-28)36-16-23-9-11-27(42)32(46)30(23)44)13-21-5-3-6-24(14-21)38-34-39(20(2)17-48-34)35-15-22-8-10-26(41)31(45)29(22)43/h4,7-12,15-19,21,24,41-46H,3,5-6,13-14H2,1-2H3/b35-15+,36-16+,37-33-,38-34-. The number of thiophene rings is 1. The fourth-order valence-corrected chi connectivity index (χ4v) is 8.41. The van der Waals surface area contributed by atoms with E-state index in [0.29, 0.717) is 10.7 Å². The summed E-state index contributed by atoms with van der Waals surface area (Å²) in [6, 6.07) is 9.65. The SMILES string of the molecule is Cc1cs/c(=N\C2CCCC(CC(C)/N=c3\scc(-c4cccs4)n3/N=C/c3ccc(O)c(O)c3O)C2)n1/N=C/c1ccc(O)c(O)c1O. The minimum atomic E-state index is -0.596. The van der Waals surface area contributed by atoms with Crippen molar-refractivity contribution < 1.29 is 30.6 Å². The monoisotopic (exact) mass is 720 g/mol. The van der Waals surface area contributed by atoms with Crippen LogP contribution in [0.2, 0.25) is 0 Å². The van der Waals surface area contributed by atoms with E-state index in [1.807, 2.05) is 35.2 Å². The minimum absolute atomic E-state index is 0.000855. The Labute approximate surface area is 293 Å². The van der Waals surface area contributed by atoms with Crippen LogP contribution in [-0.4, -0.2) is 64.5 Å². The summed E-state index contributed by atoms with van der Waals surface area (Å²) in [6.45, 7) is 4.03. The summed E-state index contributed by atoms with van der Waals surface area (Å²) in [4.78, 5) is 12.6. The van der Waals surface area contributed by atoms with E-state index in [1.54, 1.807) is 20.7 Å². The second kappa shape index (κ2) is 14.7. The van der Waals surface area contributed by atoms with Crippen molar-refractivity contribution in [3.05, 3.63) is 79.0 Å². The number of aryl methyl sites for hydroxylation is 1. The van der Waals surface area contributed by atoms with Gasteiger partial charge in [-0.25, -0.2) is 9.35 Å². The van der Waals surface area contributed by atoms with Crippen molar-refractivity contribution in [2.24, 2.45) is 26.1 Å². The summed E-state index contributed by atoms with van der Waals surface area (Å²) in [5, 5.41) is 74.8. The summed E-state index contributed by atoms with van der Waals surface area (Å²) in [5.41, 5.74) is 2.27. The molecule has 6 N–H and O–H groups in total. The first-order valence-corrected chi connectivity index (χ1v) is 18.3. The molecule has 1 aliphatic rings. The van der Waals surface area contributed by atoms with Crippen LogP contribution >= 0.6 is 34.0 Å². The number of benzene rings is 2. The molecule has 12 nitrogen and oxygen atoms in total. The summed E-state index contributed by atoms with van der Waals surface area (Å²) < 4.78 is 3.46. The molecule has 3 heterocycles. The molecule has 0 saturated heterocycles. The normalized spacial score (nSPS) is 18.2. The fraction of sp³-hybridized carbons (Fsp3) is 0.294. The Balaban J connectivity index is 1.20. The fourth-order valence-electron chi connectivity index (χ4n) is 5.80. The maximum atomic E-state index is 10.3. The van der Waals surface area contributed by atoms with Crippen molar-refractivity contribution in [1.29, 1.82) is 0 Å². The molecule has 15 heteroatoms. The van der Waals surface area contributed by atoms with Crippen LogP contribution < -0.4 is 9.60 Å². The van der Waals surface area contributed by atoms with Gasteiger partial charge in [0.2, 0.25) is 21.1 Å². The zero-order chi connectivity index (χ0) is 34.7. The van der Waals surface area contributed by atoms with Crippen molar-refractivity contribution in [2.75, 3.05) is 0 Å². The van der Waals surface area contributed by atoms with Gasteiger partial charge in [0.15, 0.2) is 23.0 Å². The predicted octanol–water partition coefficient (Wildman–Crippen LogP) is 6.29. The zero-order valence-corrected chi connectivity index (χ0v) is 29.2. The molecule has 0 bridgehead atoms. The van der Waals surface area contributed by atoms with Crippen molar-refractivity contribution in [1.82, 2.24) is 9.35 Å². The summed E-state index contributed by atoms with van der Waals surface area (Å²) in [6.07, 6.45) is 7.77. The Morgan fingerprint density at radius 1 is 0.796 bits per heavy atom.